The number of carbonyl (C=O) groups is 2. The molecule has 0 spiro atoms. The molecule has 6 rings (SSSR count). The monoisotopic (exact) mass is 762 g/mol. The molecule has 2 heterocycles. The highest BCUT2D eigenvalue weighted by Crippen LogP contribution is 2.38. The molecule has 2 N–H and O–H groups in total. The lowest BCUT2D eigenvalue weighted by molar-refractivity contribution is -0.162. The zero-order valence-corrected chi connectivity index (χ0v) is 33.1. The molecule has 0 amide bonds. The summed E-state index contributed by atoms with van der Waals surface area (Å²) < 4.78 is 16.9. The van der Waals surface area contributed by atoms with E-state index in [4.69, 9.17) is 14.2 Å². The lowest BCUT2D eigenvalue weighted by Gasteiger charge is -2.23. The Morgan fingerprint density at radius 1 is 0.643 bits per heavy atom. The Hall–Kier alpha value is -5.82. The van der Waals surface area contributed by atoms with E-state index in [9.17, 15) is 19.8 Å². The van der Waals surface area contributed by atoms with Crippen molar-refractivity contribution in [2.45, 2.75) is 91.1 Å². The van der Waals surface area contributed by atoms with Gasteiger partial charge in [-0.05, 0) is 78.1 Å². The molecule has 0 saturated heterocycles. The Labute approximate surface area is 326 Å². The van der Waals surface area contributed by atoms with Crippen LogP contribution in [0.3, 0.4) is 0 Å². The third-order valence-corrected chi connectivity index (χ3v) is 9.39. The van der Waals surface area contributed by atoms with Crippen LogP contribution in [0.4, 0.5) is 0 Å². The molecule has 0 fully saturated rings. The zero-order valence-electron chi connectivity index (χ0n) is 33.1. The van der Waals surface area contributed by atoms with Crippen molar-refractivity contribution in [1.82, 2.24) is 30.0 Å². The number of hydrogen-bond acceptors (Lipinski definition) is 11. The summed E-state index contributed by atoms with van der Waals surface area (Å²) in [7, 11) is 0. The van der Waals surface area contributed by atoms with Crippen molar-refractivity contribution in [3.8, 4) is 22.9 Å². The van der Waals surface area contributed by atoms with Gasteiger partial charge in [0.05, 0.1) is 6.61 Å². The van der Waals surface area contributed by atoms with Crippen LogP contribution in [0.5, 0.6) is 11.5 Å². The molecule has 0 radical (unpaired) electrons. The van der Waals surface area contributed by atoms with Gasteiger partial charge in [-0.1, -0.05) is 77.9 Å². The van der Waals surface area contributed by atoms with Crippen LogP contribution in [0, 0.1) is 0 Å². The van der Waals surface area contributed by atoms with Gasteiger partial charge in [0.1, 0.15) is 51.5 Å². The van der Waals surface area contributed by atoms with Crippen LogP contribution in [0.1, 0.15) is 83.6 Å². The third kappa shape index (κ3) is 9.34. The highest BCUT2D eigenvalue weighted by Gasteiger charge is 2.26. The van der Waals surface area contributed by atoms with Crippen LogP contribution in [0.15, 0.2) is 72.8 Å². The maximum atomic E-state index is 13.2. The summed E-state index contributed by atoms with van der Waals surface area (Å²) in [6.07, 6.45) is -0.0513. The Balaban J connectivity index is 1.10. The fraction of sp³-hybridized carbons (Fsp3) is 0.395. The molecule has 13 heteroatoms. The summed E-state index contributed by atoms with van der Waals surface area (Å²) in [5, 5.41) is 40.8. The smallest absolute Gasteiger partial charge is 0.306 e. The fourth-order valence-electron chi connectivity index (χ4n) is 6.39. The second-order valence-electron chi connectivity index (χ2n) is 15.9. The summed E-state index contributed by atoms with van der Waals surface area (Å²) in [6.45, 7) is 14.1. The number of nitrogens with zero attached hydrogens (tertiary/aromatic N) is 6. The van der Waals surface area contributed by atoms with E-state index in [0.29, 0.717) is 64.0 Å². The second kappa shape index (κ2) is 16.5. The molecule has 56 heavy (non-hydrogen) atoms. The van der Waals surface area contributed by atoms with Crippen molar-refractivity contribution < 1.29 is 34.0 Å². The van der Waals surface area contributed by atoms with Crippen LogP contribution in [-0.4, -0.2) is 78.1 Å². The lowest BCUT2D eigenvalue weighted by Crippen LogP contribution is -2.30. The predicted molar refractivity (Wildman–Crippen MR) is 212 cm³/mol. The Bertz CT molecular complexity index is 2290. The standard InChI is InChI=1S/C43H50N6O7/c1-8-54-25-29(56-39(51)20-18-28-22-31(43(5,6)7)41(53)37(24-28)49-46-34-15-11-12-16-35(34)47-49)26-55-38(50)19-17-27-21-30(42(2,3)4)40(52)36(23-27)48-44-32-13-9-10-14-33(32)45-48/h9-16,21-24,29,52-53H,8,17-20,25-26H2,1-7H3. The summed E-state index contributed by atoms with van der Waals surface area (Å²) in [4.78, 5) is 29.1. The Kier molecular flexibility index (Phi) is 11.7. The van der Waals surface area contributed by atoms with Gasteiger partial charge in [0.2, 0.25) is 0 Å². The van der Waals surface area contributed by atoms with Gasteiger partial charge in [-0.25, -0.2) is 0 Å². The first-order valence-electron chi connectivity index (χ1n) is 18.9. The first-order chi connectivity index (χ1) is 26.6. The minimum absolute atomic E-state index is 0.0405. The van der Waals surface area contributed by atoms with Crippen LogP contribution in [0.2, 0.25) is 0 Å². The molecule has 2 aromatic heterocycles. The topological polar surface area (TPSA) is 164 Å². The Morgan fingerprint density at radius 2 is 1.05 bits per heavy atom. The van der Waals surface area contributed by atoms with Gasteiger partial charge < -0.3 is 24.4 Å². The van der Waals surface area contributed by atoms with E-state index in [2.05, 4.69) is 20.4 Å². The average Bonchev–Trinajstić information content (AvgIpc) is 3.79. The highest BCUT2D eigenvalue weighted by molar-refractivity contribution is 5.75. The maximum Gasteiger partial charge on any atom is 0.306 e. The van der Waals surface area contributed by atoms with Crippen molar-refractivity contribution in [2.24, 2.45) is 0 Å². The van der Waals surface area contributed by atoms with Crippen molar-refractivity contribution >= 4 is 34.0 Å². The molecule has 294 valence electrons. The number of fused-ring (bicyclic) bond motifs is 2. The van der Waals surface area contributed by atoms with Crippen molar-refractivity contribution in [3.63, 3.8) is 0 Å². The van der Waals surface area contributed by atoms with Crippen LogP contribution in [0.25, 0.3) is 33.4 Å². The molecule has 0 aliphatic carbocycles. The number of phenolic OH excluding ortho intramolecular Hbond substituents is 2. The number of aryl methyl sites for hydroxylation is 2. The first-order valence-corrected chi connectivity index (χ1v) is 18.9. The fourth-order valence-corrected chi connectivity index (χ4v) is 6.39. The molecule has 1 unspecified atom stereocenters. The Morgan fingerprint density at radius 3 is 1.45 bits per heavy atom. The molecular formula is C43H50N6O7. The normalized spacial score (nSPS) is 12.6. The van der Waals surface area contributed by atoms with Crippen molar-refractivity contribution in [3.05, 3.63) is 95.1 Å². The van der Waals surface area contributed by atoms with Crippen LogP contribution >= 0.6 is 0 Å². The SMILES string of the molecule is CCOCC(COC(=O)CCc1cc(-n2nc3ccccc3n2)c(O)c(C(C)(C)C)c1)OC(=O)CCc1cc(-n2nc3ccccc3n2)c(O)c(C(C)(C)C)c1. The summed E-state index contributed by atoms with van der Waals surface area (Å²) in [5.74, 6) is -0.795. The van der Waals surface area contributed by atoms with Gasteiger partial charge >= 0.3 is 11.9 Å². The molecule has 0 aliphatic heterocycles. The minimum Gasteiger partial charge on any atom is -0.505 e. The van der Waals surface area contributed by atoms with Crippen LogP contribution < -0.4 is 0 Å². The minimum atomic E-state index is -0.805. The van der Waals surface area contributed by atoms with Gasteiger partial charge in [0.25, 0.3) is 0 Å². The van der Waals surface area contributed by atoms with E-state index in [1.165, 1.54) is 9.59 Å². The number of esters is 2. The van der Waals surface area contributed by atoms with Gasteiger partial charge in [0, 0.05) is 30.6 Å². The highest BCUT2D eigenvalue weighted by atomic mass is 16.6. The van der Waals surface area contributed by atoms with E-state index in [1.807, 2.05) is 109 Å². The number of ether oxygens (including phenoxy) is 3. The molecule has 13 nitrogen and oxygen atoms in total. The van der Waals surface area contributed by atoms with Crippen molar-refractivity contribution in [1.29, 1.82) is 0 Å². The van der Waals surface area contributed by atoms with E-state index in [-0.39, 0.29) is 37.6 Å². The molecular weight excluding hydrogens is 713 g/mol. The molecule has 0 bridgehead atoms. The van der Waals surface area contributed by atoms with Gasteiger partial charge in [-0.3, -0.25) is 9.59 Å². The third-order valence-electron chi connectivity index (χ3n) is 9.39. The maximum absolute atomic E-state index is 13.2. The lowest BCUT2D eigenvalue weighted by atomic mass is 9.84. The molecule has 1 atom stereocenters. The summed E-state index contributed by atoms with van der Waals surface area (Å²) in [5.41, 5.74) is 5.83. The van der Waals surface area contributed by atoms with Gasteiger partial charge in [-0.2, -0.15) is 0 Å². The number of benzene rings is 4. The molecule has 6 aromatic rings. The second-order valence-corrected chi connectivity index (χ2v) is 15.9. The van der Waals surface area contributed by atoms with E-state index in [1.54, 1.807) is 12.1 Å². The van der Waals surface area contributed by atoms with E-state index in [0.717, 1.165) is 11.1 Å². The predicted octanol–water partition coefficient (Wildman–Crippen LogP) is 7.22. The van der Waals surface area contributed by atoms with Gasteiger partial charge in [0.15, 0.2) is 6.10 Å². The number of aromatic nitrogens is 6. The van der Waals surface area contributed by atoms with E-state index >= 15 is 0 Å². The van der Waals surface area contributed by atoms with Gasteiger partial charge in [-0.15, -0.1) is 30.0 Å². The number of carbonyl (C=O) groups excluding carboxylic acids is 2. The quantitative estimate of drug-likeness (QED) is 0.108. The zero-order chi connectivity index (χ0) is 40.2. The number of phenols is 2. The first kappa shape index (κ1) is 39.9. The average molecular weight is 763 g/mol. The summed E-state index contributed by atoms with van der Waals surface area (Å²) >= 11 is 0. The van der Waals surface area contributed by atoms with Crippen molar-refractivity contribution in [2.75, 3.05) is 19.8 Å². The summed E-state index contributed by atoms with van der Waals surface area (Å²) in [6, 6.07) is 22.3. The molecule has 0 saturated carbocycles. The number of rotatable bonds is 14. The molecule has 4 aromatic carbocycles. The number of aromatic hydroxyl groups is 2. The largest absolute Gasteiger partial charge is 0.505 e. The molecule has 0 aliphatic rings. The van der Waals surface area contributed by atoms with E-state index < -0.39 is 28.9 Å². The number of hydrogen-bond donors (Lipinski definition) is 2. The van der Waals surface area contributed by atoms with Crippen LogP contribution in [-0.2, 0) is 47.5 Å².